The molecule has 3 nitrogen and oxygen atoms in total. The average Bonchev–Trinajstić information content (AvgIpc) is 1.97. The molecule has 68 valence electrons. The number of ether oxygens (including phenoxy) is 1. The van der Waals surface area contributed by atoms with Crippen LogP contribution < -0.4 is 5.48 Å². The van der Waals surface area contributed by atoms with Crippen LogP contribution in [0.4, 0.5) is 0 Å². The van der Waals surface area contributed by atoms with Gasteiger partial charge in [-0.1, -0.05) is 13.8 Å². The predicted molar refractivity (Wildman–Crippen MR) is 45.3 cm³/mol. The third-order valence-electron chi connectivity index (χ3n) is 1.66. The molecular formula is C8H19NO2. The summed E-state index contributed by atoms with van der Waals surface area (Å²) in [6.45, 7) is 7.64. The van der Waals surface area contributed by atoms with E-state index in [4.69, 9.17) is 9.57 Å². The second-order valence-corrected chi connectivity index (χ2v) is 2.99. The van der Waals surface area contributed by atoms with Crippen LogP contribution in [-0.2, 0) is 9.57 Å². The van der Waals surface area contributed by atoms with Crippen molar-refractivity contribution in [3.05, 3.63) is 0 Å². The van der Waals surface area contributed by atoms with Crippen LogP contribution in [0.1, 0.15) is 20.8 Å². The SMILES string of the molecule is COCCONC(C)C(C)C. The Morgan fingerprint density at radius 3 is 2.27 bits per heavy atom. The lowest BCUT2D eigenvalue weighted by Crippen LogP contribution is -2.31. The predicted octanol–water partition coefficient (Wildman–Crippen LogP) is 1.20. The van der Waals surface area contributed by atoms with Crippen molar-refractivity contribution in [3.8, 4) is 0 Å². The summed E-state index contributed by atoms with van der Waals surface area (Å²) in [5, 5.41) is 0. The number of rotatable bonds is 6. The molecule has 0 aliphatic heterocycles. The van der Waals surface area contributed by atoms with Crippen LogP contribution in [0.2, 0.25) is 0 Å². The Hall–Kier alpha value is -0.120. The van der Waals surface area contributed by atoms with Crippen LogP contribution in [0.5, 0.6) is 0 Å². The molecule has 0 spiro atoms. The van der Waals surface area contributed by atoms with Gasteiger partial charge in [0.25, 0.3) is 0 Å². The van der Waals surface area contributed by atoms with Gasteiger partial charge in [0, 0.05) is 13.2 Å². The molecule has 1 atom stereocenters. The zero-order valence-corrected chi connectivity index (χ0v) is 7.89. The minimum Gasteiger partial charge on any atom is -0.382 e. The van der Waals surface area contributed by atoms with Gasteiger partial charge in [0.15, 0.2) is 0 Å². The number of hydroxylamine groups is 1. The maximum absolute atomic E-state index is 5.12. The zero-order chi connectivity index (χ0) is 8.69. The molecule has 11 heavy (non-hydrogen) atoms. The molecule has 0 aromatic carbocycles. The maximum atomic E-state index is 5.12. The van der Waals surface area contributed by atoms with Crippen molar-refractivity contribution in [3.63, 3.8) is 0 Å². The van der Waals surface area contributed by atoms with E-state index >= 15 is 0 Å². The normalized spacial score (nSPS) is 13.9. The highest BCUT2D eigenvalue weighted by Gasteiger charge is 2.04. The van der Waals surface area contributed by atoms with E-state index < -0.39 is 0 Å². The molecule has 0 aromatic rings. The van der Waals surface area contributed by atoms with E-state index in [-0.39, 0.29) is 0 Å². The molecule has 0 rings (SSSR count). The Morgan fingerprint density at radius 1 is 1.18 bits per heavy atom. The molecule has 0 aromatic heterocycles. The fourth-order valence-corrected chi connectivity index (χ4v) is 0.451. The van der Waals surface area contributed by atoms with Crippen molar-refractivity contribution in [2.75, 3.05) is 20.3 Å². The largest absolute Gasteiger partial charge is 0.382 e. The zero-order valence-electron chi connectivity index (χ0n) is 7.89. The molecular weight excluding hydrogens is 142 g/mol. The van der Waals surface area contributed by atoms with Crippen molar-refractivity contribution in [2.24, 2.45) is 5.92 Å². The second-order valence-electron chi connectivity index (χ2n) is 2.99. The Kier molecular flexibility index (Phi) is 6.51. The summed E-state index contributed by atoms with van der Waals surface area (Å²) in [6, 6.07) is 0.395. The molecule has 0 fully saturated rings. The van der Waals surface area contributed by atoms with Crippen molar-refractivity contribution < 1.29 is 9.57 Å². The lowest BCUT2D eigenvalue weighted by molar-refractivity contribution is -0.0163. The Balaban J connectivity index is 3.10. The summed E-state index contributed by atoms with van der Waals surface area (Å²) >= 11 is 0. The molecule has 0 saturated heterocycles. The molecule has 0 bridgehead atoms. The highest BCUT2D eigenvalue weighted by Crippen LogP contribution is 1.98. The third kappa shape index (κ3) is 6.28. The molecule has 1 unspecified atom stereocenters. The van der Waals surface area contributed by atoms with Crippen LogP contribution >= 0.6 is 0 Å². The van der Waals surface area contributed by atoms with E-state index in [1.54, 1.807) is 7.11 Å². The molecule has 0 radical (unpaired) electrons. The Morgan fingerprint density at radius 2 is 1.82 bits per heavy atom. The van der Waals surface area contributed by atoms with Gasteiger partial charge in [0.2, 0.25) is 0 Å². The van der Waals surface area contributed by atoms with Crippen molar-refractivity contribution >= 4 is 0 Å². The fourth-order valence-electron chi connectivity index (χ4n) is 0.451. The number of methoxy groups -OCH3 is 1. The molecule has 3 heteroatoms. The standard InChI is InChI=1S/C8H19NO2/c1-7(2)8(3)9-11-6-5-10-4/h7-9H,5-6H2,1-4H3. The van der Waals surface area contributed by atoms with E-state index in [1.807, 2.05) is 0 Å². The highest BCUT2D eigenvalue weighted by atomic mass is 16.7. The quantitative estimate of drug-likeness (QED) is 0.469. The van der Waals surface area contributed by atoms with E-state index in [1.165, 1.54) is 0 Å². The number of nitrogens with one attached hydrogen (secondary N) is 1. The molecule has 1 N–H and O–H groups in total. The van der Waals surface area contributed by atoms with Gasteiger partial charge in [-0.3, -0.25) is 4.84 Å². The van der Waals surface area contributed by atoms with Gasteiger partial charge in [0.1, 0.15) is 0 Å². The number of hydrogen-bond donors (Lipinski definition) is 1. The summed E-state index contributed by atoms with van der Waals surface area (Å²) in [4.78, 5) is 5.12. The van der Waals surface area contributed by atoms with E-state index in [0.717, 1.165) is 0 Å². The van der Waals surface area contributed by atoms with E-state index in [2.05, 4.69) is 26.3 Å². The fraction of sp³-hybridized carbons (Fsp3) is 1.00. The van der Waals surface area contributed by atoms with Crippen LogP contribution in [0.3, 0.4) is 0 Å². The van der Waals surface area contributed by atoms with Crippen LogP contribution in [0.15, 0.2) is 0 Å². The van der Waals surface area contributed by atoms with Gasteiger partial charge in [-0.25, -0.2) is 0 Å². The molecule has 0 amide bonds. The summed E-state index contributed by atoms with van der Waals surface area (Å²) in [6.07, 6.45) is 0. The van der Waals surface area contributed by atoms with Crippen LogP contribution in [0, 0.1) is 5.92 Å². The maximum Gasteiger partial charge on any atom is 0.0915 e. The molecule has 0 heterocycles. The minimum absolute atomic E-state index is 0.395. The van der Waals surface area contributed by atoms with Crippen LogP contribution in [0.25, 0.3) is 0 Å². The van der Waals surface area contributed by atoms with Crippen LogP contribution in [-0.4, -0.2) is 26.4 Å². The summed E-state index contributed by atoms with van der Waals surface area (Å²) in [7, 11) is 1.66. The average molecular weight is 161 g/mol. The van der Waals surface area contributed by atoms with E-state index in [9.17, 15) is 0 Å². The summed E-state index contributed by atoms with van der Waals surface area (Å²) < 4.78 is 4.82. The van der Waals surface area contributed by atoms with Crippen molar-refractivity contribution in [1.82, 2.24) is 5.48 Å². The Bertz CT molecular complexity index is 86.2. The molecule has 0 saturated carbocycles. The first kappa shape index (κ1) is 10.9. The first-order valence-electron chi connectivity index (χ1n) is 4.04. The number of hydrogen-bond acceptors (Lipinski definition) is 3. The van der Waals surface area contributed by atoms with Gasteiger partial charge in [0.05, 0.1) is 13.2 Å². The second kappa shape index (κ2) is 6.58. The minimum atomic E-state index is 0.395. The monoisotopic (exact) mass is 161 g/mol. The first-order chi connectivity index (χ1) is 5.18. The van der Waals surface area contributed by atoms with E-state index in [0.29, 0.717) is 25.2 Å². The van der Waals surface area contributed by atoms with Gasteiger partial charge >= 0.3 is 0 Å². The smallest absolute Gasteiger partial charge is 0.0915 e. The van der Waals surface area contributed by atoms with Crippen molar-refractivity contribution in [1.29, 1.82) is 0 Å². The topological polar surface area (TPSA) is 30.5 Å². The lowest BCUT2D eigenvalue weighted by atomic mass is 10.1. The third-order valence-corrected chi connectivity index (χ3v) is 1.66. The molecule has 0 aliphatic carbocycles. The van der Waals surface area contributed by atoms with Gasteiger partial charge in [-0.05, 0) is 12.8 Å². The van der Waals surface area contributed by atoms with Gasteiger partial charge < -0.3 is 4.74 Å². The first-order valence-corrected chi connectivity index (χ1v) is 4.04. The van der Waals surface area contributed by atoms with Gasteiger partial charge in [-0.2, -0.15) is 5.48 Å². The van der Waals surface area contributed by atoms with Gasteiger partial charge in [-0.15, -0.1) is 0 Å². The summed E-state index contributed by atoms with van der Waals surface area (Å²) in [5.74, 6) is 0.595. The van der Waals surface area contributed by atoms with Crippen molar-refractivity contribution in [2.45, 2.75) is 26.8 Å². The highest BCUT2D eigenvalue weighted by molar-refractivity contribution is 4.57. The molecule has 0 aliphatic rings. The summed E-state index contributed by atoms with van der Waals surface area (Å²) in [5.41, 5.74) is 2.94. The lowest BCUT2D eigenvalue weighted by Gasteiger charge is -2.16. The Labute approximate surface area is 69.0 Å².